The van der Waals surface area contributed by atoms with Crippen molar-refractivity contribution in [3.8, 4) is 11.5 Å². The average Bonchev–Trinajstić information content (AvgIpc) is 3.15. The van der Waals surface area contributed by atoms with Crippen LogP contribution in [0, 0.1) is 11.3 Å². The molecule has 0 saturated carbocycles. The molecular formula is C23H30N4O3. The van der Waals surface area contributed by atoms with Crippen LogP contribution in [0.2, 0.25) is 0 Å². The van der Waals surface area contributed by atoms with Crippen LogP contribution in [0.25, 0.3) is 0 Å². The van der Waals surface area contributed by atoms with E-state index in [1.807, 2.05) is 25.1 Å². The van der Waals surface area contributed by atoms with Crippen LogP contribution in [0.15, 0.2) is 36.3 Å². The molecule has 2 atom stereocenters. The van der Waals surface area contributed by atoms with E-state index >= 15 is 0 Å². The molecule has 0 radical (unpaired) electrons. The van der Waals surface area contributed by atoms with Crippen molar-refractivity contribution < 1.29 is 14.3 Å². The van der Waals surface area contributed by atoms with Crippen LogP contribution in [-0.4, -0.2) is 33.8 Å². The van der Waals surface area contributed by atoms with Crippen molar-refractivity contribution in [1.29, 1.82) is 0 Å². The third kappa shape index (κ3) is 3.80. The molecule has 1 aromatic carbocycles. The lowest BCUT2D eigenvalue weighted by atomic mass is 9.72. The first kappa shape index (κ1) is 20.4. The number of hydrogen-bond donors (Lipinski definition) is 1. The Morgan fingerprint density at radius 1 is 1.23 bits per heavy atom. The molecule has 2 aliphatic rings. The number of ketones is 1. The summed E-state index contributed by atoms with van der Waals surface area (Å²) in [6.45, 7) is 9.45. The Morgan fingerprint density at radius 2 is 2.07 bits per heavy atom. The summed E-state index contributed by atoms with van der Waals surface area (Å²) in [4.78, 5) is 17.6. The third-order valence-electron chi connectivity index (χ3n) is 5.63. The van der Waals surface area contributed by atoms with E-state index in [4.69, 9.17) is 9.47 Å². The summed E-state index contributed by atoms with van der Waals surface area (Å²) in [6, 6.07) is 5.66. The third-order valence-corrected chi connectivity index (χ3v) is 5.63. The molecule has 1 aromatic heterocycles. The fraction of sp³-hybridized carbons (Fsp3) is 0.522. The minimum absolute atomic E-state index is 0.184. The average molecular weight is 411 g/mol. The van der Waals surface area contributed by atoms with Gasteiger partial charge in [0.05, 0.1) is 25.2 Å². The van der Waals surface area contributed by atoms with Crippen LogP contribution in [0.1, 0.15) is 58.6 Å². The number of Topliss-reactive ketones (excluding diaryl/α,β-unsaturated/α-hetero) is 1. The highest BCUT2D eigenvalue weighted by atomic mass is 16.5. The summed E-state index contributed by atoms with van der Waals surface area (Å²) in [5, 5.41) is 7.75. The summed E-state index contributed by atoms with van der Waals surface area (Å²) in [7, 11) is 0. The maximum atomic E-state index is 13.2. The van der Waals surface area contributed by atoms with Crippen molar-refractivity contribution in [2.45, 2.75) is 53.0 Å². The summed E-state index contributed by atoms with van der Waals surface area (Å²) in [6.07, 6.45) is 6.25. The number of hydrogen-bond acceptors (Lipinski definition) is 6. The van der Waals surface area contributed by atoms with Gasteiger partial charge in [-0.1, -0.05) is 39.3 Å². The van der Waals surface area contributed by atoms with Gasteiger partial charge < -0.3 is 14.8 Å². The Labute approximate surface area is 177 Å². The van der Waals surface area contributed by atoms with E-state index in [9.17, 15) is 4.79 Å². The van der Waals surface area contributed by atoms with Gasteiger partial charge in [0.25, 0.3) is 0 Å². The molecule has 2 heterocycles. The number of carbonyl (C=O) groups excluding carboxylic acids is 1. The van der Waals surface area contributed by atoms with E-state index in [-0.39, 0.29) is 23.2 Å². The minimum atomic E-state index is -0.325. The predicted octanol–water partition coefficient (Wildman–Crippen LogP) is 4.37. The summed E-state index contributed by atoms with van der Waals surface area (Å²) in [5.74, 6) is 1.95. The molecule has 0 amide bonds. The highest BCUT2D eigenvalue weighted by molar-refractivity contribution is 5.88. The first-order valence-corrected chi connectivity index (χ1v) is 10.7. The largest absolute Gasteiger partial charge is 0.490 e. The minimum Gasteiger partial charge on any atom is -0.490 e. The maximum Gasteiger partial charge on any atom is 0.226 e. The number of aromatic nitrogens is 3. The van der Waals surface area contributed by atoms with E-state index in [0.717, 1.165) is 29.9 Å². The van der Waals surface area contributed by atoms with Gasteiger partial charge in [-0.05, 0) is 36.5 Å². The van der Waals surface area contributed by atoms with Gasteiger partial charge in [0, 0.05) is 12.1 Å². The predicted molar refractivity (Wildman–Crippen MR) is 115 cm³/mol. The van der Waals surface area contributed by atoms with Crippen LogP contribution in [0.5, 0.6) is 11.5 Å². The lowest BCUT2D eigenvalue weighted by molar-refractivity contribution is -0.125. The highest BCUT2D eigenvalue weighted by Crippen LogP contribution is 2.46. The highest BCUT2D eigenvalue weighted by Gasteiger charge is 2.44. The smallest absolute Gasteiger partial charge is 0.226 e. The molecule has 1 aliphatic carbocycles. The fourth-order valence-electron chi connectivity index (χ4n) is 4.32. The number of nitrogens with one attached hydrogen (secondary N) is 1. The Morgan fingerprint density at radius 3 is 2.83 bits per heavy atom. The van der Waals surface area contributed by atoms with E-state index in [1.165, 1.54) is 6.33 Å². The van der Waals surface area contributed by atoms with Crippen LogP contribution in [0.4, 0.5) is 5.95 Å². The summed E-state index contributed by atoms with van der Waals surface area (Å²) in [5.41, 5.74) is 1.68. The maximum absolute atomic E-state index is 13.2. The Hall–Kier alpha value is -2.83. The van der Waals surface area contributed by atoms with E-state index in [1.54, 1.807) is 4.68 Å². The molecule has 30 heavy (non-hydrogen) atoms. The number of anilines is 1. The lowest BCUT2D eigenvalue weighted by Gasteiger charge is -2.40. The standard InChI is InChI=1S/C23H30N4O3/c1-5-7-10-30-18-9-8-15(11-19(18)29-6-2)21-20-16(12-23(3,4)13-17(20)28)26-22-24-14-25-27(21)22/h8-9,11-12,14,20-21H,5-7,10,13H2,1-4H3,(H,24,25,26)/t20-,21-/m1/s1. The summed E-state index contributed by atoms with van der Waals surface area (Å²) < 4.78 is 13.6. The van der Waals surface area contributed by atoms with Gasteiger partial charge in [0.2, 0.25) is 5.95 Å². The van der Waals surface area contributed by atoms with Gasteiger partial charge in [-0.25, -0.2) is 4.68 Å². The first-order valence-electron chi connectivity index (χ1n) is 10.7. The monoisotopic (exact) mass is 410 g/mol. The summed E-state index contributed by atoms with van der Waals surface area (Å²) >= 11 is 0. The molecule has 2 aromatic rings. The SMILES string of the molecule is CCCCOc1ccc([C@@H]2[C@H]3C(=O)CC(C)(C)C=C3Nc3ncnn32)cc1OCC. The van der Waals surface area contributed by atoms with Crippen molar-refractivity contribution in [1.82, 2.24) is 14.8 Å². The quantitative estimate of drug-likeness (QED) is 0.683. The fourth-order valence-corrected chi connectivity index (χ4v) is 4.32. The van der Waals surface area contributed by atoms with Gasteiger partial charge >= 0.3 is 0 Å². The number of rotatable bonds is 7. The van der Waals surface area contributed by atoms with Crippen molar-refractivity contribution in [2.75, 3.05) is 18.5 Å². The molecule has 1 aliphatic heterocycles. The molecule has 7 nitrogen and oxygen atoms in total. The molecule has 0 unspecified atom stereocenters. The second-order valence-corrected chi connectivity index (χ2v) is 8.65. The zero-order valence-corrected chi connectivity index (χ0v) is 18.1. The second-order valence-electron chi connectivity index (χ2n) is 8.65. The molecule has 0 saturated heterocycles. The van der Waals surface area contributed by atoms with Crippen molar-refractivity contribution >= 4 is 11.7 Å². The molecular weight excluding hydrogens is 380 g/mol. The Balaban J connectivity index is 1.76. The molecule has 0 fully saturated rings. The molecule has 1 N–H and O–H groups in total. The number of fused-ring (bicyclic) bond motifs is 2. The Bertz CT molecular complexity index is 963. The van der Waals surface area contributed by atoms with Gasteiger partial charge in [-0.15, -0.1) is 0 Å². The number of unbranched alkanes of at least 4 members (excludes halogenated alkanes) is 1. The zero-order valence-electron chi connectivity index (χ0n) is 18.1. The topological polar surface area (TPSA) is 78.3 Å². The normalized spacial score (nSPS) is 21.9. The van der Waals surface area contributed by atoms with Gasteiger partial charge in [-0.3, -0.25) is 4.79 Å². The van der Waals surface area contributed by atoms with Gasteiger partial charge in [-0.2, -0.15) is 10.1 Å². The van der Waals surface area contributed by atoms with E-state index < -0.39 is 0 Å². The van der Waals surface area contributed by atoms with Crippen LogP contribution < -0.4 is 14.8 Å². The lowest BCUT2D eigenvalue weighted by Crippen LogP contribution is -2.42. The van der Waals surface area contributed by atoms with Crippen LogP contribution in [0.3, 0.4) is 0 Å². The van der Waals surface area contributed by atoms with Crippen LogP contribution in [-0.2, 0) is 4.79 Å². The van der Waals surface area contributed by atoms with Crippen molar-refractivity contribution in [3.05, 3.63) is 41.9 Å². The molecule has 7 heteroatoms. The first-order chi connectivity index (χ1) is 14.4. The van der Waals surface area contributed by atoms with Crippen molar-refractivity contribution in [3.63, 3.8) is 0 Å². The molecule has 0 bridgehead atoms. The number of benzene rings is 1. The number of nitrogens with zero attached hydrogens (tertiary/aromatic N) is 3. The number of ether oxygens (including phenoxy) is 2. The van der Waals surface area contributed by atoms with Gasteiger partial charge in [0.1, 0.15) is 12.1 Å². The van der Waals surface area contributed by atoms with Gasteiger partial charge in [0.15, 0.2) is 11.5 Å². The molecule has 0 spiro atoms. The van der Waals surface area contributed by atoms with E-state index in [2.05, 4.69) is 42.2 Å². The molecule has 160 valence electrons. The molecule has 4 rings (SSSR count). The van der Waals surface area contributed by atoms with Crippen LogP contribution >= 0.6 is 0 Å². The number of allylic oxidation sites excluding steroid dienone is 2. The van der Waals surface area contributed by atoms with Crippen molar-refractivity contribution in [2.24, 2.45) is 11.3 Å². The Kier molecular flexibility index (Phi) is 5.54. The second kappa shape index (κ2) is 8.13. The van der Waals surface area contributed by atoms with E-state index in [0.29, 0.717) is 31.3 Å². The zero-order chi connectivity index (χ0) is 21.3. The number of carbonyl (C=O) groups is 1.